The largest absolute Gasteiger partial charge is 0.416 e. The topological polar surface area (TPSA) is 34.1 Å². The molecule has 114 valence electrons. The van der Waals surface area contributed by atoms with E-state index in [0.29, 0.717) is 5.56 Å². The van der Waals surface area contributed by atoms with Gasteiger partial charge in [-0.15, -0.1) is 0 Å². The smallest absolute Gasteiger partial charge is 0.228 e. The fraction of sp³-hybridized carbons (Fsp3) is 0.571. The summed E-state index contributed by atoms with van der Waals surface area (Å²) >= 11 is 0. The van der Waals surface area contributed by atoms with E-state index >= 15 is 0 Å². The highest BCUT2D eigenvalue weighted by Crippen LogP contribution is 2.32. The fourth-order valence-electron chi connectivity index (χ4n) is 1.83. The van der Waals surface area contributed by atoms with Crippen LogP contribution in [0.4, 0.5) is 13.2 Å². The molecular weight excluding hydrogens is 289 g/mol. The van der Waals surface area contributed by atoms with Gasteiger partial charge in [-0.05, 0) is 37.5 Å². The Morgan fingerprint density at radius 2 is 1.40 bits per heavy atom. The van der Waals surface area contributed by atoms with Gasteiger partial charge in [-0.3, -0.25) is 0 Å². The minimum atomic E-state index is -4.41. The van der Waals surface area contributed by atoms with E-state index in [2.05, 4.69) is 0 Å². The van der Waals surface area contributed by atoms with E-state index in [4.69, 9.17) is 0 Å². The molecule has 1 aromatic carbocycles. The number of hydrogen-bond acceptors (Lipinski definition) is 2. The molecule has 20 heavy (non-hydrogen) atoms. The number of alkyl halides is 3. The second kappa shape index (κ2) is 5.76. The minimum absolute atomic E-state index is 0.0445. The Bertz CT molecular complexity index is 545. The molecule has 0 saturated carbocycles. The first-order valence-electron chi connectivity index (χ1n) is 6.37. The van der Waals surface area contributed by atoms with Crippen LogP contribution < -0.4 is 0 Å². The number of hydrogen-bond donors (Lipinski definition) is 0. The van der Waals surface area contributed by atoms with E-state index in [1.165, 1.54) is 19.1 Å². The lowest BCUT2D eigenvalue weighted by Crippen LogP contribution is -2.27. The molecule has 1 aromatic rings. The SMILES string of the molecule is CC(C)[C@@H](C)S(=O)(=O)[C@@H](C)c1ccc(C(F)(F)F)cc1. The Kier molecular flexibility index (Phi) is 4.90. The van der Waals surface area contributed by atoms with E-state index in [9.17, 15) is 21.6 Å². The molecule has 0 unspecified atom stereocenters. The zero-order valence-electron chi connectivity index (χ0n) is 11.9. The van der Waals surface area contributed by atoms with Crippen LogP contribution in [0.1, 0.15) is 44.1 Å². The molecule has 6 heteroatoms. The second-order valence-corrected chi connectivity index (χ2v) is 7.93. The van der Waals surface area contributed by atoms with Gasteiger partial charge in [-0.25, -0.2) is 8.42 Å². The van der Waals surface area contributed by atoms with Gasteiger partial charge >= 0.3 is 6.18 Å². The van der Waals surface area contributed by atoms with Crippen LogP contribution in [0.5, 0.6) is 0 Å². The summed E-state index contributed by atoms with van der Waals surface area (Å²) in [6.07, 6.45) is -4.41. The van der Waals surface area contributed by atoms with Crippen LogP contribution in [-0.2, 0) is 16.0 Å². The standard InChI is InChI=1S/C14H19F3O2S/c1-9(2)10(3)20(18,19)11(4)12-5-7-13(8-6-12)14(15,16)17/h5-11H,1-4H3/t10-,11+/m1/s1. The first kappa shape index (κ1) is 17.0. The molecule has 0 saturated heterocycles. The van der Waals surface area contributed by atoms with E-state index in [0.717, 1.165) is 12.1 Å². The summed E-state index contributed by atoms with van der Waals surface area (Å²) in [5, 5.41) is -1.36. The summed E-state index contributed by atoms with van der Waals surface area (Å²) in [5.74, 6) is -0.0445. The monoisotopic (exact) mass is 308 g/mol. The van der Waals surface area contributed by atoms with Gasteiger partial charge in [0.15, 0.2) is 9.84 Å². The highest BCUT2D eigenvalue weighted by molar-refractivity contribution is 7.92. The number of rotatable bonds is 4. The van der Waals surface area contributed by atoms with Gasteiger partial charge in [0, 0.05) is 0 Å². The van der Waals surface area contributed by atoms with Crippen LogP contribution in [0.2, 0.25) is 0 Å². The predicted octanol–water partition coefficient (Wildman–Crippen LogP) is 4.23. The van der Waals surface area contributed by atoms with Crippen molar-refractivity contribution in [1.82, 2.24) is 0 Å². The Balaban J connectivity index is 3.07. The van der Waals surface area contributed by atoms with Crippen LogP contribution in [0, 0.1) is 5.92 Å². The Labute approximate surface area is 117 Å². The highest BCUT2D eigenvalue weighted by atomic mass is 32.2. The maximum absolute atomic E-state index is 12.5. The zero-order valence-corrected chi connectivity index (χ0v) is 12.7. The molecule has 0 amide bonds. The molecule has 2 nitrogen and oxygen atoms in total. The van der Waals surface area contributed by atoms with Crippen molar-refractivity contribution in [3.8, 4) is 0 Å². The average Bonchev–Trinajstić information content (AvgIpc) is 2.35. The summed E-state index contributed by atoms with van der Waals surface area (Å²) in [7, 11) is -3.42. The molecule has 0 spiro atoms. The Morgan fingerprint density at radius 3 is 1.75 bits per heavy atom. The van der Waals surface area contributed by atoms with Gasteiger partial charge in [-0.2, -0.15) is 13.2 Å². The lowest BCUT2D eigenvalue weighted by atomic mass is 10.1. The molecule has 0 N–H and O–H groups in total. The summed E-state index contributed by atoms with van der Waals surface area (Å²) in [5.41, 5.74) is -0.395. The minimum Gasteiger partial charge on any atom is -0.228 e. The molecule has 0 fully saturated rings. The summed E-state index contributed by atoms with van der Waals surface area (Å²) in [6, 6.07) is 4.30. The number of benzene rings is 1. The predicted molar refractivity (Wildman–Crippen MR) is 73.1 cm³/mol. The molecule has 0 bridgehead atoms. The normalized spacial score (nSPS) is 16.2. The van der Waals surface area contributed by atoms with E-state index in [1.807, 2.05) is 13.8 Å². The van der Waals surface area contributed by atoms with Crippen molar-refractivity contribution in [3.63, 3.8) is 0 Å². The molecule has 1 rings (SSSR count). The molecule has 0 aliphatic carbocycles. The molecule has 2 atom stereocenters. The van der Waals surface area contributed by atoms with Crippen molar-refractivity contribution in [2.45, 2.75) is 44.4 Å². The highest BCUT2D eigenvalue weighted by Gasteiger charge is 2.33. The Hall–Kier alpha value is -1.04. The first-order chi connectivity index (χ1) is 8.98. The second-order valence-electron chi connectivity index (χ2n) is 5.30. The van der Waals surface area contributed by atoms with Crippen molar-refractivity contribution < 1.29 is 21.6 Å². The first-order valence-corrected chi connectivity index (χ1v) is 7.98. The molecule has 0 radical (unpaired) electrons. The fourth-order valence-corrected chi connectivity index (χ4v) is 3.77. The number of halogens is 3. The van der Waals surface area contributed by atoms with Gasteiger partial charge in [0.25, 0.3) is 0 Å². The van der Waals surface area contributed by atoms with Gasteiger partial charge in [0.05, 0.1) is 16.1 Å². The quantitative estimate of drug-likeness (QED) is 0.834. The van der Waals surface area contributed by atoms with Gasteiger partial charge in [0.2, 0.25) is 0 Å². The van der Waals surface area contributed by atoms with Crippen molar-refractivity contribution in [3.05, 3.63) is 35.4 Å². The maximum Gasteiger partial charge on any atom is 0.416 e. The Morgan fingerprint density at radius 1 is 0.950 bits per heavy atom. The molecule has 0 aliphatic heterocycles. The van der Waals surface area contributed by atoms with Gasteiger partial charge in [0.1, 0.15) is 0 Å². The van der Waals surface area contributed by atoms with Crippen LogP contribution in [0.25, 0.3) is 0 Å². The van der Waals surface area contributed by atoms with Crippen LogP contribution in [0.15, 0.2) is 24.3 Å². The zero-order chi connectivity index (χ0) is 15.7. The van der Waals surface area contributed by atoms with Crippen molar-refractivity contribution in [2.24, 2.45) is 5.92 Å². The third kappa shape index (κ3) is 3.53. The lowest BCUT2D eigenvalue weighted by Gasteiger charge is -2.22. The third-order valence-corrected chi connectivity index (χ3v) is 6.50. The van der Waals surface area contributed by atoms with Gasteiger partial charge in [-0.1, -0.05) is 26.0 Å². The van der Waals surface area contributed by atoms with E-state index < -0.39 is 32.1 Å². The summed E-state index contributed by atoms with van der Waals surface area (Å²) in [6.45, 7) is 6.75. The molecule has 0 aromatic heterocycles. The van der Waals surface area contributed by atoms with E-state index in [1.54, 1.807) is 6.92 Å². The van der Waals surface area contributed by atoms with Gasteiger partial charge < -0.3 is 0 Å². The number of sulfone groups is 1. The average molecular weight is 308 g/mol. The van der Waals surface area contributed by atoms with Crippen molar-refractivity contribution in [2.75, 3.05) is 0 Å². The summed E-state index contributed by atoms with van der Waals surface area (Å²) < 4.78 is 62.1. The maximum atomic E-state index is 12.5. The van der Waals surface area contributed by atoms with Crippen LogP contribution in [0.3, 0.4) is 0 Å². The summed E-state index contributed by atoms with van der Waals surface area (Å²) in [4.78, 5) is 0. The molecule has 0 heterocycles. The third-order valence-electron chi connectivity index (χ3n) is 3.66. The van der Waals surface area contributed by atoms with Crippen LogP contribution in [-0.4, -0.2) is 13.7 Å². The lowest BCUT2D eigenvalue weighted by molar-refractivity contribution is -0.137. The van der Waals surface area contributed by atoms with Crippen molar-refractivity contribution >= 4 is 9.84 Å². The van der Waals surface area contributed by atoms with Crippen LogP contribution >= 0.6 is 0 Å². The molecular formula is C14H19F3O2S. The van der Waals surface area contributed by atoms with Crippen molar-refractivity contribution in [1.29, 1.82) is 0 Å². The molecule has 0 aliphatic rings. The van der Waals surface area contributed by atoms with E-state index in [-0.39, 0.29) is 5.92 Å².